The van der Waals surface area contributed by atoms with Gasteiger partial charge in [0.1, 0.15) is 0 Å². The predicted molar refractivity (Wildman–Crippen MR) is 77.0 cm³/mol. The minimum absolute atomic E-state index is 0.681. The Kier molecular flexibility index (Phi) is 3.13. The summed E-state index contributed by atoms with van der Waals surface area (Å²) < 4.78 is 2.26. The molecule has 0 saturated carbocycles. The summed E-state index contributed by atoms with van der Waals surface area (Å²) in [5, 5.41) is 5.01. The molecule has 0 bridgehead atoms. The number of hydrogen-bond donors (Lipinski definition) is 1. The molecule has 1 aromatic heterocycles. The normalized spacial score (nSPS) is 20.4. The van der Waals surface area contributed by atoms with Gasteiger partial charge in [-0.1, -0.05) is 12.5 Å². The Hall–Kier alpha value is -1.28. The van der Waals surface area contributed by atoms with Crippen molar-refractivity contribution >= 4 is 10.9 Å². The molecule has 1 unspecified atom stereocenters. The summed E-state index contributed by atoms with van der Waals surface area (Å²) >= 11 is 0. The molecule has 18 heavy (non-hydrogen) atoms. The fourth-order valence-electron chi connectivity index (χ4n) is 3.05. The SMILES string of the molecule is Cc1cc2cc(CC3CCCCN3)ccc2n1C. The van der Waals surface area contributed by atoms with Crippen molar-refractivity contribution in [2.45, 2.75) is 38.6 Å². The highest BCUT2D eigenvalue weighted by Gasteiger charge is 2.13. The van der Waals surface area contributed by atoms with Gasteiger partial charge in [-0.15, -0.1) is 0 Å². The van der Waals surface area contributed by atoms with E-state index in [4.69, 9.17) is 0 Å². The third-order valence-corrected chi connectivity index (χ3v) is 4.24. The van der Waals surface area contributed by atoms with Crippen LogP contribution in [0.15, 0.2) is 24.3 Å². The Morgan fingerprint density at radius 2 is 2.17 bits per heavy atom. The molecule has 1 N–H and O–H groups in total. The Morgan fingerprint density at radius 1 is 1.28 bits per heavy atom. The summed E-state index contributed by atoms with van der Waals surface area (Å²) in [5.74, 6) is 0. The average molecular weight is 242 g/mol. The first-order valence-corrected chi connectivity index (χ1v) is 7.02. The van der Waals surface area contributed by atoms with Gasteiger partial charge in [0.25, 0.3) is 0 Å². The van der Waals surface area contributed by atoms with Gasteiger partial charge >= 0.3 is 0 Å². The Balaban J connectivity index is 1.84. The van der Waals surface area contributed by atoms with Crippen LogP contribution in [0.25, 0.3) is 10.9 Å². The van der Waals surface area contributed by atoms with Crippen LogP contribution >= 0.6 is 0 Å². The maximum absolute atomic E-state index is 3.63. The van der Waals surface area contributed by atoms with Crippen LogP contribution in [-0.4, -0.2) is 17.2 Å². The fraction of sp³-hybridized carbons (Fsp3) is 0.500. The zero-order valence-corrected chi connectivity index (χ0v) is 11.4. The lowest BCUT2D eigenvalue weighted by Gasteiger charge is -2.23. The largest absolute Gasteiger partial charge is 0.348 e. The van der Waals surface area contributed by atoms with Crippen molar-refractivity contribution in [3.63, 3.8) is 0 Å². The number of aryl methyl sites for hydroxylation is 2. The van der Waals surface area contributed by atoms with E-state index in [0.717, 1.165) is 0 Å². The molecule has 2 nitrogen and oxygen atoms in total. The van der Waals surface area contributed by atoms with Gasteiger partial charge in [0, 0.05) is 29.7 Å². The van der Waals surface area contributed by atoms with E-state index in [1.807, 2.05) is 0 Å². The number of rotatable bonds is 2. The predicted octanol–water partition coefficient (Wildman–Crippen LogP) is 3.17. The molecular weight excluding hydrogens is 220 g/mol. The van der Waals surface area contributed by atoms with E-state index in [0.29, 0.717) is 6.04 Å². The van der Waals surface area contributed by atoms with Gasteiger partial charge in [0.15, 0.2) is 0 Å². The van der Waals surface area contributed by atoms with Crippen molar-refractivity contribution in [3.05, 3.63) is 35.5 Å². The molecule has 2 heteroatoms. The van der Waals surface area contributed by atoms with Crippen molar-refractivity contribution in [1.82, 2.24) is 9.88 Å². The molecule has 2 heterocycles. The van der Waals surface area contributed by atoms with Gasteiger partial charge < -0.3 is 9.88 Å². The third kappa shape index (κ3) is 2.17. The summed E-state index contributed by atoms with van der Waals surface area (Å²) in [6.45, 7) is 3.36. The minimum Gasteiger partial charge on any atom is -0.348 e. The maximum Gasteiger partial charge on any atom is 0.0479 e. The molecule has 1 aromatic carbocycles. The number of hydrogen-bond acceptors (Lipinski definition) is 1. The smallest absolute Gasteiger partial charge is 0.0479 e. The number of fused-ring (bicyclic) bond motifs is 1. The second-order valence-corrected chi connectivity index (χ2v) is 5.59. The first-order valence-electron chi connectivity index (χ1n) is 7.02. The van der Waals surface area contributed by atoms with Crippen molar-refractivity contribution in [1.29, 1.82) is 0 Å². The molecule has 0 radical (unpaired) electrons. The van der Waals surface area contributed by atoms with Gasteiger partial charge in [-0.3, -0.25) is 0 Å². The molecule has 0 spiro atoms. The lowest BCUT2D eigenvalue weighted by Crippen LogP contribution is -2.35. The molecule has 3 rings (SSSR count). The van der Waals surface area contributed by atoms with E-state index < -0.39 is 0 Å². The van der Waals surface area contributed by atoms with Crippen molar-refractivity contribution < 1.29 is 0 Å². The van der Waals surface area contributed by atoms with Crippen LogP contribution in [0.4, 0.5) is 0 Å². The summed E-state index contributed by atoms with van der Waals surface area (Å²) in [6.07, 6.45) is 5.22. The van der Waals surface area contributed by atoms with Crippen LogP contribution < -0.4 is 5.32 Å². The number of nitrogens with one attached hydrogen (secondary N) is 1. The van der Waals surface area contributed by atoms with Gasteiger partial charge in [-0.05, 0) is 56.5 Å². The molecule has 1 aliphatic heterocycles. The van der Waals surface area contributed by atoms with E-state index in [1.54, 1.807) is 0 Å². The van der Waals surface area contributed by atoms with E-state index >= 15 is 0 Å². The van der Waals surface area contributed by atoms with E-state index in [9.17, 15) is 0 Å². The van der Waals surface area contributed by atoms with Gasteiger partial charge in [-0.25, -0.2) is 0 Å². The number of benzene rings is 1. The summed E-state index contributed by atoms with van der Waals surface area (Å²) in [4.78, 5) is 0. The standard InChI is InChI=1S/C16H22N2/c1-12-9-14-10-13(6-7-16(14)18(12)2)11-15-5-3-4-8-17-15/h6-7,9-10,15,17H,3-5,8,11H2,1-2H3. The lowest BCUT2D eigenvalue weighted by atomic mass is 9.97. The number of nitrogens with zero attached hydrogens (tertiary/aromatic N) is 1. The zero-order chi connectivity index (χ0) is 12.5. The van der Waals surface area contributed by atoms with Crippen LogP contribution in [0.2, 0.25) is 0 Å². The quantitative estimate of drug-likeness (QED) is 0.856. The second kappa shape index (κ2) is 4.77. The summed E-state index contributed by atoms with van der Waals surface area (Å²) in [7, 11) is 2.14. The molecular formula is C16H22N2. The highest BCUT2D eigenvalue weighted by atomic mass is 14.9. The maximum atomic E-state index is 3.63. The van der Waals surface area contributed by atoms with Crippen LogP contribution in [-0.2, 0) is 13.5 Å². The molecule has 96 valence electrons. The monoisotopic (exact) mass is 242 g/mol. The Morgan fingerprint density at radius 3 is 2.94 bits per heavy atom. The van der Waals surface area contributed by atoms with E-state index in [-0.39, 0.29) is 0 Å². The van der Waals surface area contributed by atoms with Crippen molar-refractivity contribution in [3.8, 4) is 0 Å². The molecule has 1 saturated heterocycles. The molecule has 1 aliphatic rings. The first kappa shape index (κ1) is 11.8. The topological polar surface area (TPSA) is 17.0 Å². The van der Waals surface area contributed by atoms with Crippen LogP contribution in [0, 0.1) is 6.92 Å². The molecule has 0 amide bonds. The fourth-order valence-corrected chi connectivity index (χ4v) is 3.05. The third-order valence-electron chi connectivity index (χ3n) is 4.24. The van der Waals surface area contributed by atoms with Crippen LogP contribution in [0.3, 0.4) is 0 Å². The van der Waals surface area contributed by atoms with Gasteiger partial charge in [-0.2, -0.15) is 0 Å². The first-order chi connectivity index (χ1) is 8.74. The summed E-state index contributed by atoms with van der Waals surface area (Å²) in [6, 6.07) is 9.88. The van der Waals surface area contributed by atoms with Crippen LogP contribution in [0.1, 0.15) is 30.5 Å². The van der Waals surface area contributed by atoms with E-state index in [1.165, 1.54) is 54.4 Å². The molecule has 1 fully saturated rings. The molecule has 0 aliphatic carbocycles. The van der Waals surface area contributed by atoms with Crippen molar-refractivity contribution in [2.75, 3.05) is 6.54 Å². The highest BCUT2D eigenvalue weighted by Crippen LogP contribution is 2.21. The minimum atomic E-state index is 0.681. The van der Waals surface area contributed by atoms with Gasteiger partial charge in [0.05, 0.1) is 0 Å². The molecule has 1 atom stereocenters. The van der Waals surface area contributed by atoms with E-state index in [2.05, 4.69) is 48.1 Å². The zero-order valence-electron chi connectivity index (χ0n) is 11.4. The highest BCUT2D eigenvalue weighted by molar-refractivity contribution is 5.82. The Bertz CT molecular complexity index is 547. The second-order valence-electron chi connectivity index (χ2n) is 5.59. The van der Waals surface area contributed by atoms with Crippen LogP contribution in [0.5, 0.6) is 0 Å². The van der Waals surface area contributed by atoms with Gasteiger partial charge in [0.2, 0.25) is 0 Å². The van der Waals surface area contributed by atoms with Crippen molar-refractivity contribution in [2.24, 2.45) is 7.05 Å². The lowest BCUT2D eigenvalue weighted by molar-refractivity contribution is 0.399. The average Bonchev–Trinajstić information content (AvgIpc) is 2.66. The molecule has 2 aromatic rings. The summed E-state index contributed by atoms with van der Waals surface area (Å²) in [5.41, 5.74) is 4.14. The number of aromatic nitrogens is 1. The Labute approximate surface area is 109 Å². The number of piperidine rings is 1.